The summed E-state index contributed by atoms with van der Waals surface area (Å²) in [6.07, 6.45) is 2.23. The van der Waals surface area contributed by atoms with Gasteiger partial charge in [0, 0.05) is 17.0 Å². The van der Waals surface area contributed by atoms with Crippen LogP contribution in [-0.4, -0.2) is 10.8 Å². The number of allylic oxidation sites excluding steroid dienone is 1. The van der Waals surface area contributed by atoms with Crippen LogP contribution >= 0.6 is 11.3 Å². The predicted molar refractivity (Wildman–Crippen MR) is 77.0 cm³/mol. The van der Waals surface area contributed by atoms with E-state index in [-0.39, 0.29) is 11.9 Å². The highest BCUT2D eigenvalue weighted by Crippen LogP contribution is 2.41. The highest BCUT2D eigenvalue weighted by molar-refractivity contribution is 7.11. The first-order chi connectivity index (χ1) is 9.25. The van der Waals surface area contributed by atoms with E-state index in [4.69, 9.17) is 0 Å². The highest BCUT2D eigenvalue weighted by Gasteiger charge is 2.37. The number of hydrogen-bond acceptors (Lipinski definition) is 2. The van der Waals surface area contributed by atoms with Crippen molar-refractivity contribution in [1.29, 1.82) is 0 Å². The van der Waals surface area contributed by atoms with Gasteiger partial charge in [-0.1, -0.05) is 24.3 Å². The largest absolute Gasteiger partial charge is 0.324 e. The van der Waals surface area contributed by atoms with E-state index in [9.17, 15) is 4.79 Å². The van der Waals surface area contributed by atoms with Crippen LogP contribution < -0.4 is 0 Å². The summed E-state index contributed by atoms with van der Waals surface area (Å²) in [6, 6.07) is 10.2. The van der Waals surface area contributed by atoms with Crippen molar-refractivity contribution < 1.29 is 4.79 Å². The number of hydrogen-bond donors (Lipinski definition) is 0. The number of amides is 1. The van der Waals surface area contributed by atoms with E-state index >= 15 is 0 Å². The maximum Gasteiger partial charge on any atom is 0.255 e. The molecule has 2 aliphatic rings. The molecule has 1 amide bonds. The third-order valence-corrected chi connectivity index (χ3v) is 5.05. The minimum absolute atomic E-state index is 0.100. The van der Waals surface area contributed by atoms with E-state index in [0.717, 1.165) is 11.1 Å². The summed E-state index contributed by atoms with van der Waals surface area (Å²) >= 11 is 1.76. The lowest BCUT2D eigenvalue weighted by atomic mass is 10.0. The zero-order valence-corrected chi connectivity index (χ0v) is 11.4. The van der Waals surface area contributed by atoms with Crippen LogP contribution in [0.5, 0.6) is 0 Å². The van der Waals surface area contributed by atoms with Crippen molar-refractivity contribution in [3.05, 3.63) is 63.4 Å². The van der Waals surface area contributed by atoms with Crippen molar-refractivity contribution in [2.45, 2.75) is 19.5 Å². The van der Waals surface area contributed by atoms with Gasteiger partial charge in [0.05, 0.1) is 6.04 Å². The summed E-state index contributed by atoms with van der Waals surface area (Å²) in [6.45, 7) is 2.86. The topological polar surface area (TPSA) is 20.3 Å². The van der Waals surface area contributed by atoms with Gasteiger partial charge in [-0.25, -0.2) is 0 Å². The lowest BCUT2D eigenvalue weighted by Gasteiger charge is -2.21. The first kappa shape index (κ1) is 11.0. The normalized spacial score (nSPS) is 20.5. The molecule has 1 aromatic carbocycles. The molecule has 0 saturated heterocycles. The molecule has 19 heavy (non-hydrogen) atoms. The smallest absolute Gasteiger partial charge is 0.255 e. The Bertz CT molecular complexity index is 713. The van der Waals surface area contributed by atoms with Crippen LogP contribution in [0.25, 0.3) is 5.57 Å². The van der Waals surface area contributed by atoms with Gasteiger partial charge in [-0.3, -0.25) is 4.79 Å². The molecule has 2 aliphatic heterocycles. The van der Waals surface area contributed by atoms with Gasteiger partial charge in [0.15, 0.2) is 0 Å². The molecule has 1 atom stereocenters. The van der Waals surface area contributed by atoms with Gasteiger partial charge in [-0.15, -0.1) is 11.3 Å². The van der Waals surface area contributed by atoms with Crippen LogP contribution in [0.2, 0.25) is 0 Å². The van der Waals surface area contributed by atoms with Crippen molar-refractivity contribution in [3.63, 3.8) is 0 Å². The number of carbonyl (C=O) groups is 1. The Hall–Kier alpha value is -1.87. The van der Waals surface area contributed by atoms with Gasteiger partial charge < -0.3 is 4.90 Å². The first-order valence-corrected chi connectivity index (χ1v) is 7.29. The summed E-state index contributed by atoms with van der Waals surface area (Å²) < 4.78 is 0. The Balaban J connectivity index is 1.92. The molecular formula is C16H13NOS. The van der Waals surface area contributed by atoms with E-state index in [1.54, 1.807) is 11.3 Å². The quantitative estimate of drug-likeness (QED) is 0.709. The van der Waals surface area contributed by atoms with Crippen LogP contribution in [-0.2, 0) is 6.54 Å². The monoisotopic (exact) mass is 267 g/mol. The lowest BCUT2D eigenvalue weighted by Crippen LogP contribution is -2.25. The lowest BCUT2D eigenvalue weighted by molar-refractivity contribution is 0.0742. The molecule has 3 heteroatoms. The SMILES string of the molecule is CC1=CC2c3ccccc3C(=O)N2Cc2ccsc21. The summed E-state index contributed by atoms with van der Waals surface area (Å²) in [5.41, 5.74) is 4.54. The van der Waals surface area contributed by atoms with E-state index in [2.05, 4.69) is 30.5 Å². The Morgan fingerprint density at radius 3 is 3.00 bits per heavy atom. The fraction of sp³-hybridized carbons (Fsp3) is 0.188. The average molecular weight is 267 g/mol. The second-order valence-electron chi connectivity index (χ2n) is 5.09. The minimum Gasteiger partial charge on any atom is -0.324 e. The van der Waals surface area contributed by atoms with Crippen LogP contribution in [0.1, 0.15) is 39.3 Å². The molecule has 2 aromatic rings. The third-order valence-electron chi connectivity index (χ3n) is 3.96. The van der Waals surface area contributed by atoms with Gasteiger partial charge >= 0.3 is 0 Å². The fourth-order valence-electron chi connectivity index (χ4n) is 3.05. The van der Waals surface area contributed by atoms with Crippen molar-refractivity contribution in [2.24, 2.45) is 0 Å². The molecule has 94 valence electrons. The predicted octanol–water partition coefficient (Wildman–Crippen LogP) is 3.86. The number of thiophene rings is 1. The van der Waals surface area contributed by atoms with Crippen molar-refractivity contribution in [1.82, 2.24) is 4.90 Å². The molecule has 1 unspecified atom stereocenters. The Labute approximate surface area is 116 Å². The average Bonchev–Trinajstić information content (AvgIpc) is 2.95. The molecule has 0 bridgehead atoms. The third kappa shape index (κ3) is 1.45. The number of carbonyl (C=O) groups excluding carboxylic acids is 1. The van der Waals surface area contributed by atoms with Gasteiger partial charge in [0.1, 0.15) is 0 Å². The number of benzene rings is 1. The van der Waals surface area contributed by atoms with Crippen LogP contribution in [0.3, 0.4) is 0 Å². The maximum absolute atomic E-state index is 12.5. The molecule has 1 aromatic heterocycles. The van der Waals surface area contributed by atoms with E-state index < -0.39 is 0 Å². The molecule has 3 heterocycles. The Kier molecular flexibility index (Phi) is 2.21. The number of fused-ring (bicyclic) bond motifs is 4. The van der Waals surface area contributed by atoms with Crippen molar-refractivity contribution >= 4 is 22.8 Å². The van der Waals surface area contributed by atoms with Crippen molar-refractivity contribution in [2.75, 3.05) is 0 Å². The molecule has 0 aliphatic carbocycles. The number of nitrogens with zero attached hydrogens (tertiary/aromatic N) is 1. The van der Waals surface area contributed by atoms with E-state index in [0.29, 0.717) is 6.54 Å². The Morgan fingerprint density at radius 2 is 2.11 bits per heavy atom. The second-order valence-corrected chi connectivity index (χ2v) is 6.01. The standard InChI is InChI=1S/C16H13NOS/c1-10-8-14-12-4-2-3-5-13(12)16(18)17(14)9-11-6-7-19-15(10)11/h2-8,14H,9H2,1H3. The molecule has 0 fully saturated rings. The maximum atomic E-state index is 12.5. The zero-order valence-electron chi connectivity index (χ0n) is 10.6. The van der Waals surface area contributed by atoms with E-state index in [1.165, 1.54) is 16.0 Å². The summed E-state index contributed by atoms with van der Waals surface area (Å²) in [5.74, 6) is 0.156. The number of rotatable bonds is 0. The van der Waals surface area contributed by atoms with Gasteiger partial charge in [0.25, 0.3) is 5.91 Å². The second kappa shape index (κ2) is 3.81. The van der Waals surface area contributed by atoms with Crippen LogP contribution in [0.4, 0.5) is 0 Å². The summed E-state index contributed by atoms with van der Waals surface area (Å²) in [5, 5.41) is 2.11. The molecule has 0 radical (unpaired) electrons. The minimum atomic E-state index is 0.100. The molecule has 0 spiro atoms. The summed E-state index contributed by atoms with van der Waals surface area (Å²) in [7, 11) is 0. The molecule has 4 rings (SSSR count). The van der Waals surface area contributed by atoms with E-state index in [1.807, 2.05) is 23.1 Å². The molecule has 2 nitrogen and oxygen atoms in total. The van der Waals surface area contributed by atoms with Gasteiger partial charge in [0.2, 0.25) is 0 Å². The van der Waals surface area contributed by atoms with Crippen molar-refractivity contribution in [3.8, 4) is 0 Å². The molecule has 0 N–H and O–H groups in total. The Morgan fingerprint density at radius 1 is 1.26 bits per heavy atom. The van der Waals surface area contributed by atoms with Crippen LogP contribution in [0.15, 0.2) is 41.8 Å². The van der Waals surface area contributed by atoms with Gasteiger partial charge in [-0.05, 0) is 41.1 Å². The summed E-state index contributed by atoms with van der Waals surface area (Å²) in [4.78, 5) is 15.8. The first-order valence-electron chi connectivity index (χ1n) is 6.41. The fourth-order valence-corrected chi connectivity index (χ4v) is 3.96. The van der Waals surface area contributed by atoms with Crippen LogP contribution in [0, 0.1) is 0 Å². The van der Waals surface area contributed by atoms with Gasteiger partial charge in [-0.2, -0.15) is 0 Å². The molecule has 0 saturated carbocycles. The molecular weight excluding hydrogens is 254 g/mol. The zero-order chi connectivity index (χ0) is 13.0. The highest BCUT2D eigenvalue weighted by atomic mass is 32.1.